The lowest BCUT2D eigenvalue weighted by Gasteiger charge is -2.12. The number of nitrogens with zero attached hydrogens (tertiary/aromatic N) is 1. The first-order valence-electron chi connectivity index (χ1n) is 7.04. The van der Waals surface area contributed by atoms with Gasteiger partial charge in [0.15, 0.2) is 11.5 Å². The average molecular weight is 337 g/mol. The predicted octanol–water partition coefficient (Wildman–Crippen LogP) is 4.12. The van der Waals surface area contributed by atoms with Crippen molar-refractivity contribution in [2.75, 3.05) is 6.61 Å². The fraction of sp³-hybridized carbons (Fsp3) is 0.176. The zero-order valence-electron chi connectivity index (χ0n) is 12.7. The van der Waals surface area contributed by atoms with Gasteiger partial charge < -0.3 is 9.47 Å². The van der Waals surface area contributed by atoms with Crippen LogP contribution >= 0.6 is 0 Å². The quantitative estimate of drug-likeness (QED) is 0.608. The number of hydrogen-bond acceptors (Lipinski definition) is 4. The summed E-state index contributed by atoms with van der Waals surface area (Å²) in [7, 11) is 0. The van der Waals surface area contributed by atoms with Gasteiger partial charge in [0.05, 0.1) is 6.61 Å². The van der Waals surface area contributed by atoms with E-state index in [-0.39, 0.29) is 18.1 Å². The van der Waals surface area contributed by atoms with Crippen molar-refractivity contribution in [3.05, 3.63) is 53.9 Å². The van der Waals surface area contributed by atoms with E-state index in [9.17, 15) is 18.0 Å². The fourth-order valence-corrected chi connectivity index (χ4v) is 1.81. The summed E-state index contributed by atoms with van der Waals surface area (Å²) in [6, 6.07) is 7.90. The summed E-state index contributed by atoms with van der Waals surface area (Å²) in [6.07, 6.45) is 1.79. The van der Waals surface area contributed by atoms with Gasteiger partial charge in [-0.2, -0.15) is 13.2 Å². The fourth-order valence-electron chi connectivity index (χ4n) is 1.81. The number of esters is 1. The lowest BCUT2D eigenvalue weighted by molar-refractivity contribution is -0.189. The lowest BCUT2D eigenvalue weighted by Crippen LogP contribution is -2.28. The number of pyridine rings is 1. The van der Waals surface area contributed by atoms with E-state index in [1.807, 2.05) is 6.08 Å². The lowest BCUT2D eigenvalue weighted by atomic mass is 10.1. The Morgan fingerprint density at radius 2 is 1.75 bits per heavy atom. The van der Waals surface area contributed by atoms with E-state index in [0.29, 0.717) is 5.56 Å². The zero-order chi connectivity index (χ0) is 17.6. The molecule has 0 bridgehead atoms. The van der Waals surface area contributed by atoms with Gasteiger partial charge in [-0.05, 0) is 42.3 Å². The highest BCUT2D eigenvalue weighted by molar-refractivity contribution is 5.79. The largest absolute Gasteiger partial charge is 0.491 e. The normalized spacial score (nSPS) is 11.5. The Bertz CT molecular complexity index is 728. The van der Waals surface area contributed by atoms with Crippen molar-refractivity contribution in [1.29, 1.82) is 0 Å². The molecule has 0 saturated heterocycles. The van der Waals surface area contributed by atoms with Gasteiger partial charge >= 0.3 is 12.1 Å². The van der Waals surface area contributed by atoms with E-state index in [2.05, 4.69) is 9.72 Å². The molecule has 0 unspecified atom stereocenters. The van der Waals surface area contributed by atoms with Crippen LogP contribution in [0, 0.1) is 0 Å². The molecule has 0 aliphatic rings. The van der Waals surface area contributed by atoms with Crippen LogP contribution in [0.4, 0.5) is 13.2 Å². The zero-order valence-corrected chi connectivity index (χ0v) is 12.7. The maximum Gasteiger partial charge on any atom is 0.491 e. The first-order valence-corrected chi connectivity index (χ1v) is 7.04. The molecule has 0 spiro atoms. The van der Waals surface area contributed by atoms with E-state index >= 15 is 0 Å². The minimum absolute atomic E-state index is 0.0620. The van der Waals surface area contributed by atoms with Crippen molar-refractivity contribution in [2.45, 2.75) is 13.1 Å². The summed E-state index contributed by atoms with van der Waals surface area (Å²) in [5.74, 6) is -2.50. The van der Waals surface area contributed by atoms with Gasteiger partial charge in [0.1, 0.15) is 0 Å². The molecule has 0 radical (unpaired) electrons. The summed E-state index contributed by atoms with van der Waals surface area (Å²) < 4.78 is 46.5. The molecule has 0 N–H and O–H groups in total. The number of carbonyl (C=O) groups is 1. The second kappa shape index (κ2) is 7.63. The highest BCUT2D eigenvalue weighted by atomic mass is 19.4. The Labute approximate surface area is 136 Å². The highest BCUT2D eigenvalue weighted by Crippen LogP contribution is 2.31. The monoisotopic (exact) mass is 337 g/mol. The van der Waals surface area contributed by atoms with Crippen LogP contribution in [-0.2, 0) is 4.79 Å². The average Bonchev–Trinajstić information content (AvgIpc) is 2.55. The third-order valence-electron chi connectivity index (χ3n) is 2.88. The number of ether oxygens (including phenoxy) is 2. The van der Waals surface area contributed by atoms with E-state index in [0.717, 1.165) is 5.56 Å². The number of hydrogen-bond donors (Lipinski definition) is 0. The maximum atomic E-state index is 12.3. The van der Waals surface area contributed by atoms with Crippen LogP contribution in [0.1, 0.15) is 18.1 Å². The Hall–Kier alpha value is -2.83. The minimum Gasteiger partial charge on any atom is -0.490 e. The van der Waals surface area contributed by atoms with Gasteiger partial charge in [0.2, 0.25) is 0 Å². The van der Waals surface area contributed by atoms with Gasteiger partial charge in [-0.15, -0.1) is 0 Å². The number of carbonyl (C=O) groups excluding carboxylic acids is 1. The number of alkyl halides is 3. The highest BCUT2D eigenvalue weighted by Gasteiger charge is 2.41. The summed E-state index contributed by atoms with van der Waals surface area (Å²) in [4.78, 5) is 14.9. The van der Waals surface area contributed by atoms with Crippen LogP contribution in [-0.4, -0.2) is 23.7 Å². The molecule has 4 nitrogen and oxygen atoms in total. The van der Waals surface area contributed by atoms with E-state index < -0.39 is 12.1 Å². The molecule has 0 fully saturated rings. The molecule has 7 heteroatoms. The van der Waals surface area contributed by atoms with Gasteiger partial charge in [-0.1, -0.05) is 18.2 Å². The van der Waals surface area contributed by atoms with Crippen molar-refractivity contribution in [2.24, 2.45) is 0 Å². The van der Waals surface area contributed by atoms with E-state index in [1.165, 1.54) is 18.2 Å². The molecule has 0 amide bonds. The Morgan fingerprint density at radius 3 is 2.38 bits per heavy atom. The van der Waals surface area contributed by atoms with Crippen LogP contribution < -0.4 is 9.47 Å². The van der Waals surface area contributed by atoms with Gasteiger partial charge in [-0.3, -0.25) is 4.98 Å². The van der Waals surface area contributed by atoms with Crippen molar-refractivity contribution >= 4 is 18.1 Å². The van der Waals surface area contributed by atoms with Crippen LogP contribution in [0.2, 0.25) is 0 Å². The molecule has 0 saturated carbocycles. The van der Waals surface area contributed by atoms with E-state index in [1.54, 1.807) is 37.5 Å². The molecule has 1 aromatic heterocycles. The molecule has 0 aliphatic heterocycles. The molecule has 0 atom stereocenters. The Morgan fingerprint density at radius 1 is 1.08 bits per heavy atom. The molecule has 1 heterocycles. The molecular weight excluding hydrogens is 323 g/mol. The van der Waals surface area contributed by atoms with Gasteiger partial charge in [-0.25, -0.2) is 4.79 Å². The summed E-state index contributed by atoms with van der Waals surface area (Å²) >= 11 is 0. The SMILES string of the molecule is CCOc1cc(/C=C/c2ccncc2)ccc1OC(=O)C(F)(F)F. The summed E-state index contributed by atoms with van der Waals surface area (Å²) in [5.41, 5.74) is 1.60. The van der Waals surface area contributed by atoms with Gasteiger partial charge in [0, 0.05) is 12.4 Å². The van der Waals surface area contributed by atoms with Crippen molar-refractivity contribution in [3.8, 4) is 11.5 Å². The number of benzene rings is 1. The third kappa shape index (κ3) is 4.84. The molecule has 2 aromatic rings. The summed E-state index contributed by atoms with van der Waals surface area (Å²) in [6.45, 7) is 1.89. The third-order valence-corrected chi connectivity index (χ3v) is 2.88. The van der Waals surface area contributed by atoms with Crippen LogP contribution in [0.3, 0.4) is 0 Å². The smallest absolute Gasteiger partial charge is 0.490 e. The topological polar surface area (TPSA) is 48.4 Å². The molecule has 126 valence electrons. The molecule has 0 aliphatic carbocycles. The minimum atomic E-state index is -5.07. The first kappa shape index (κ1) is 17.5. The number of halogens is 3. The second-order valence-electron chi connectivity index (χ2n) is 4.64. The van der Waals surface area contributed by atoms with Crippen LogP contribution in [0.25, 0.3) is 12.2 Å². The number of rotatable bonds is 5. The number of aromatic nitrogens is 1. The molecule has 1 aromatic carbocycles. The first-order chi connectivity index (χ1) is 11.4. The van der Waals surface area contributed by atoms with Crippen molar-refractivity contribution in [1.82, 2.24) is 4.98 Å². The molecule has 2 rings (SSSR count). The second-order valence-corrected chi connectivity index (χ2v) is 4.64. The molecule has 24 heavy (non-hydrogen) atoms. The van der Waals surface area contributed by atoms with E-state index in [4.69, 9.17) is 4.74 Å². The maximum absolute atomic E-state index is 12.3. The molecular formula is C17H14F3NO3. The van der Waals surface area contributed by atoms with Crippen molar-refractivity contribution < 1.29 is 27.4 Å². The van der Waals surface area contributed by atoms with Gasteiger partial charge in [0.25, 0.3) is 0 Å². The van der Waals surface area contributed by atoms with Crippen LogP contribution in [0.15, 0.2) is 42.7 Å². The van der Waals surface area contributed by atoms with Crippen molar-refractivity contribution in [3.63, 3.8) is 0 Å². The summed E-state index contributed by atoms with van der Waals surface area (Å²) in [5, 5.41) is 0. The van der Waals surface area contributed by atoms with Crippen LogP contribution in [0.5, 0.6) is 11.5 Å². The standard InChI is InChI=1S/C17H14F3NO3/c1-2-23-15-11-13(4-3-12-7-9-21-10-8-12)5-6-14(15)24-16(22)17(18,19)20/h3-11H,2H2,1H3/b4-3+. The predicted molar refractivity (Wildman–Crippen MR) is 82.5 cm³/mol. The Kier molecular flexibility index (Phi) is 5.57. The Balaban J connectivity index is 2.23.